The summed E-state index contributed by atoms with van der Waals surface area (Å²) in [6, 6.07) is 7.03. The van der Waals surface area contributed by atoms with Crippen LogP contribution in [0.4, 0.5) is 17.6 Å². The summed E-state index contributed by atoms with van der Waals surface area (Å²) in [5.41, 5.74) is -2.04. The summed E-state index contributed by atoms with van der Waals surface area (Å²) < 4.78 is 64.6. The summed E-state index contributed by atoms with van der Waals surface area (Å²) in [6.07, 6.45) is -2.58. The Hall–Kier alpha value is -4.20. The quantitative estimate of drug-likeness (QED) is 0.345. The lowest BCUT2D eigenvalue weighted by Gasteiger charge is -2.13. The van der Waals surface area contributed by atoms with Gasteiger partial charge in [-0.25, -0.2) is 9.18 Å². The maximum Gasteiger partial charge on any atom is 0.573 e. The molecule has 1 aromatic carbocycles. The van der Waals surface area contributed by atoms with Gasteiger partial charge >= 0.3 is 18.1 Å². The van der Waals surface area contributed by atoms with E-state index in [1.807, 2.05) is 0 Å². The fourth-order valence-corrected chi connectivity index (χ4v) is 3.99. The van der Waals surface area contributed by atoms with E-state index in [1.54, 1.807) is 0 Å². The van der Waals surface area contributed by atoms with E-state index in [0.717, 1.165) is 27.5 Å². The Balaban J connectivity index is 1.62. The number of aromatic nitrogens is 5. The third-order valence-corrected chi connectivity index (χ3v) is 6.18. The molecule has 4 aromatic rings. The van der Waals surface area contributed by atoms with Crippen LogP contribution in [0.15, 0.2) is 52.2 Å². The molecule has 200 valence electrons. The molecule has 14 heteroatoms. The number of fused-ring (bicyclic) bond motifs is 1. The highest BCUT2D eigenvalue weighted by Gasteiger charge is 2.40. The van der Waals surface area contributed by atoms with Crippen LogP contribution in [-0.2, 0) is 20.1 Å². The number of pyridine rings is 1. The summed E-state index contributed by atoms with van der Waals surface area (Å²) in [6.45, 7) is -0.173. The molecule has 1 saturated carbocycles. The van der Waals surface area contributed by atoms with E-state index in [1.165, 1.54) is 35.9 Å². The second kappa shape index (κ2) is 9.28. The van der Waals surface area contributed by atoms with Crippen molar-refractivity contribution in [2.75, 3.05) is 0 Å². The largest absolute Gasteiger partial charge is 0.573 e. The molecule has 3 heterocycles. The van der Waals surface area contributed by atoms with Crippen molar-refractivity contribution in [1.29, 1.82) is 0 Å². The van der Waals surface area contributed by atoms with Crippen LogP contribution in [0.1, 0.15) is 25.0 Å². The number of imidazole rings is 1. The number of rotatable bonds is 8. The van der Waals surface area contributed by atoms with Gasteiger partial charge in [0, 0.05) is 19.7 Å². The first-order chi connectivity index (χ1) is 17.9. The van der Waals surface area contributed by atoms with Gasteiger partial charge in [0.2, 0.25) is 0 Å². The van der Waals surface area contributed by atoms with Gasteiger partial charge in [-0.05, 0) is 43.5 Å². The van der Waals surface area contributed by atoms with E-state index < -0.39 is 34.8 Å². The molecule has 5 rings (SSSR count). The summed E-state index contributed by atoms with van der Waals surface area (Å²) in [5, 5.41) is 10.2. The van der Waals surface area contributed by atoms with Crippen LogP contribution >= 0.6 is 0 Å². The van der Waals surface area contributed by atoms with Crippen molar-refractivity contribution in [2.45, 2.75) is 44.3 Å². The molecule has 1 fully saturated rings. The third kappa shape index (κ3) is 5.25. The zero-order chi connectivity index (χ0) is 27.2. The molecule has 0 saturated heterocycles. The highest BCUT2D eigenvalue weighted by atomic mass is 19.4. The highest BCUT2D eigenvalue weighted by molar-refractivity contribution is 5.72. The van der Waals surface area contributed by atoms with E-state index in [0.29, 0.717) is 18.5 Å². The van der Waals surface area contributed by atoms with E-state index in [9.17, 15) is 32.3 Å². The van der Waals surface area contributed by atoms with Crippen LogP contribution < -0.4 is 20.7 Å². The lowest BCUT2D eigenvalue weighted by atomic mass is 10.2. The van der Waals surface area contributed by atoms with Gasteiger partial charge in [-0.3, -0.25) is 23.5 Å². The van der Waals surface area contributed by atoms with Crippen LogP contribution in [0.2, 0.25) is 0 Å². The van der Waals surface area contributed by atoms with Crippen molar-refractivity contribution in [3.8, 4) is 17.5 Å². The van der Waals surface area contributed by atoms with Crippen LogP contribution in [-0.4, -0.2) is 40.7 Å². The van der Waals surface area contributed by atoms with Gasteiger partial charge in [0.15, 0.2) is 11.2 Å². The molecular weight excluding hydrogens is 514 g/mol. The average Bonchev–Trinajstić information content (AvgIpc) is 3.48. The van der Waals surface area contributed by atoms with Crippen molar-refractivity contribution >= 4 is 11.2 Å². The normalized spacial score (nSPS) is 14.6. The number of aliphatic hydroxyl groups is 1. The Labute approximate surface area is 211 Å². The molecule has 38 heavy (non-hydrogen) atoms. The maximum atomic E-state index is 13.5. The zero-order valence-corrected chi connectivity index (χ0v) is 19.9. The summed E-state index contributed by atoms with van der Waals surface area (Å²) in [5.74, 6) is -1.20. The molecule has 0 radical (unpaired) electrons. The van der Waals surface area contributed by atoms with Gasteiger partial charge in [-0.15, -0.1) is 13.2 Å². The third-order valence-electron chi connectivity index (χ3n) is 6.18. The average molecular weight is 535 g/mol. The number of hydrogen-bond acceptors (Lipinski definition) is 7. The number of ether oxygens (including phenoxy) is 2. The van der Waals surface area contributed by atoms with E-state index in [2.05, 4.69) is 14.7 Å². The molecule has 1 N–H and O–H groups in total. The Morgan fingerprint density at radius 2 is 1.84 bits per heavy atom. The molecule has 0 spiro atoms. The molecule has 10 nitrogen and oxygen atoms in total. The second-order valence-corrected chi connectivity index (χ2v) is 9.02. The highest BCUT2D eigenvalue weighted by Crippen LogP contribution is 2.38. The second-order valence-electron chi connectivity index (χ2n) is 9.02. The van der Waals surface area contributed by atoms with Gasteiger partial charge in [0.05, 0.1) is 24.0 Å². The van der Waals surface area contributed by atoms with E-state index in [4.69, 9.17) is 4.74 Å². The van der Waals surface area contributed by atoms with Crippen LogP contribution in [0.25, 0.3) is 11.2 Å². The Morgan fingerprint density at radius 1 is 1.11 bits per heavy atom. The van der Waals surface area contributed by atoms with Gasteiger partial charge < -0.3 is 14.6 Å². The summed E-state index contributed by atoms with van der Waals surface area (Å²) >= 11 is 0. The SMILES string of the molecule is Cn1c(=O)n(CCC2(O)CC2)c(=O)c2c1nc(Oc1cccc(OC(F)(F)F)c1)n2Cc1ccc(F)cn1. The first kappa shape index (κ1) is 25.4. The van der Waals surface area contributed by atoms with Crippen molar-refractivity contribution in [3.63, 3.8) is 0 Å². The van der Waals surface area contributed by atoms with Crippen molar-refractivity contribution in [3.05, 3.63) is 74.9 Å². The molecular formula is C24H21F4N5O5. The number of benzene rings is 1. The van der Waals surface area contributed by atoms with Crippen LogP contribution in [0.5, 0.6) is 17.5 Å². The molecule has 0 atom stereocenters. The number of hydrogen-bond donors (Lipinski definition) is 1. The van der Waals surface area contributed by atoms with E-state index in [-0.39, 0.29) is 42.4 Å². The molecule has 0 aliphatic heterocycles. The minimum atomic E-state index is -4.92. The lowest BCUT2D eigenvalue weighted by molar-refractivity contribution is -0.274. The number of nitrogens with zero attached hydrogens (tertiary/aromatic N) is 5. The number of halogens is 4. The number of aryl methyl sites for hydroxylation is 1. The maximum absolute atomic E-state index is 13.5. The first-order valence-corrected chi connectivity index (χ1v) is 11.5. The minimum absolute atomic E-state index is 0.0368. The molecule has 1 aliphatic carbocycles. The van der Waals surface area contributed by atoms with Crippen molar-refractivity contribution in [2.24, 2.45) is 7.05 Å². The Morgan fingerprint density at radius 3 is 2.50 bits per heavy atom. The van der Waals surface area contributed by atoms with E-state index >= 15 is 0 Å². The van der Waals surface area contributed by atoms with Crippen molar-refractivity contribution < 1.29 is 32.1 Å². The van der Waals surface area contributed by atoms with Gasteiger partial charge in [0.25, 0.3) is 5.56 Å². The monoisotopic (exact) mass is 535 g/mol. The Kier molecular flexibility index (Phi) is 6.21. The summed E-state index contributed by atoms with van der Waals surface area (Å²) in [4.78, 5) is 34.8. The van der Waals surface area contributed by atoms with Crippen molar-refractivity contribution in [1.82, 2.24) is 23.7 Å². The zero-order valence-electron chi connectivity index (χ0n) is 19.9. The molecule has 3 aromatic heterocycles. The van der Waals surface area contributed by atoms with Gasteiger partial charge in [0.1, 0.15) is 17.3 Å². The summed E-state index contributed by atoms with van der Waals surface area (Å²) in [7, 11) is 1.40. The molecule has 1 aliphatic rings. The van der Waals surface area contributed by atoms with Crippen LogP contribution in [0, 0.1) is 5.82 Å². The predicted molar refractivity (Wildman–Crippen MR) is 125 cm³/mol. The topological polar surface area (TPSA) is 113 Å². The molecule has 0 unspecified atom stereocenters. The molecule has 0 amide bonds. The standard InChI is InChI=1S/C24H21F4N5O5/c1-31-19-18(20(34)32(22(31)35)10-9-23(36)7-8-23)33(13-15-6-5-14(25)12-29-15)21(30-19)37-16-3-2-4-17(11-16)38-24(26,27)28/h2-6,11-12,36H,7-10,13H2,1H3. The smallest absolute Gasteiger partial charge is 0.425 e. The Bertz CT molecular complexity index is 1620. The molecule has 0 bridgehead atoms. The fourth-order valence-electron chi connectivity index (χ4n) is 3.99. The van der Waals surface area contributed by atoms with Crippen LogP contribution in [0.3, 0.4) is 0 Å². The first-order valence-electron chi connectivity index (χ1n) is 11.5. The predicted octanol–water partition coefficient (Wildman–Crippen LogP) is 3.09. The fraction of sp³-hybridized carbons (Fsp3) is 0.333. The lowest BCUT2D eigenvalue weighted by Crippen LogP contribution is -2.40. The van der Waals surface area contributed by atoms with Gasteiger partial charge in [-0.1, -0.05) is 6.07 Å². The van der Waals surface area contributed by atoms with Gasteiger partial charge in [-0.2, -0.15) is 4.98 Å². The minimum Gasteiger partial charge on any atom is -0.425 e. The number of alkyl halides is 3.